The second-order valence-corrected chi connectivity index (χ2v) is 13.2. The number of tetrazole rings is 1. The minimum atomic E-state index is -1.00. The van der Waals surface area contributed by atoms with E-state index in [1.54, 1.807) is 33.8 Å². The van der Waals surface area contributed by atoms with E-state index in [9.17, 15) is 14.4 Å². The highest BCUT2D eigenvalue weighted by Crippen LogP contribution is 2.30. The summed E-state index contributed by atoms with van der Waals surface area (Å²) >= 11 is 1.52. The number of piperidine rings is 2. The number of hydrogen-bond donors (Lipinski definition) is 2. The summed E-state index contributed by atoms with van der Waals surface area (Å²) < 4.78 is 7.08. The molecule has 2 N–H and O–H groups in total. The molecule has 2 aliphatic heterocycles. The normalized spacial score (nSPS) is 17.2. The number of carbonyl (C=O) groups excluding carboxylic acids is 2. The van der Waals surface area contributed by atoms with Gasteiger partial charge in [0.1, 0.15) is 0 Å². The third-order valence-corrected chi connectivity index (χ3v) is 10.1. The van der Waals surface area contributed by atoms with Gasteiger partial charge in [0.25, 0.3) is 5.91 Å². The van der Waals surface area contributed by atoms with Crippen molar-refractivity contribution in [2.45, 2.75) is 68.4 Å². The molecule has 2 aromatic heterocycles. The van der Waals surface area contributed by atoms with E-state index in [0.29, 0.717) is 54.1 Å². The van der Waals surface area contributed by atoms with Crippen LogP contribution in [0.1, 0.15) is 71.7 Å². The summed E-state index contributed by atoms with van der Waals surface area (Å²) in [6, 6.07) is 17.9. The van der Waals surface area contributed by atoms with E-state index >= 15 is 0 Å². The minimum absolute atomic E-state index is 0.148. The molecule has 0 bridgehead atoms. The van der Waals surface area contributed by atoms with E-state index in [2.05, 4.69) is 37.6 Å². The van der Waals surface area contributed by atoms with Gasteiger partial charge in [0, 0.05) is 42.6 Å². The molecule has 0 spiro atoms. The van der Waals surface area contributed by atoms with Crippen LogP contribution in [0.15, 0.2) is 72.0 Å². The number of amides is 2. The van der Waals surface area contributed by atoms with Crippen LogP contribution >= 0.6 is 11.8 Å². The van der Waals surface area contributed by atoms with E-state index in [1.165, 1.54) is 54.9 Å². The van der Waals surface area contributed by atoms with Gasteiger partial charge < -0.3 is 20.1 Å². The molecule has 4 aromatic rings. The van der Waals surface area contributed by atoms with Crippen LogP contribution in [0.4, 0.5) is 10.5 Å². The minimum Gasteiger partial charge on any atom is -0.478 e. The highest BCUT2D eigenvalue weighted by Gasteiger charge is 2.27. The van der Waals surface area contributed by atoms with Crippen molar-refractivity contribution in [3.63, 3.8) is 0 Å². The molecule has 0 radical (unpaired) electrons. The molecule has 6 rings (SSSR count). The number of carboxylic acid groups (broad SMARTS) is 1. The molecule has 1 unspecified atom stereocenters. The van der Waals surface area contributed by atoms with E-state index in [1.807, 2.05) is 24.3 Å². The van der Waals surface area contributed by atoms with Crippen molar-refractivity contribution in [3.05, 3.63) is 83.6 Å². The molecule has 1 atom stereocenters. The highest BCUT2D eigenvalue weighted by atomic mass is 32.2. The lowest BCUT2D eigenvalue weighted by atomic mass is 9.99. The zero-order chi connectivity index (χ0) is 33.5. The molecule has 2 aromatic carbocycles. The van der Waals surface area contributed by atoms with Gasteiger partial charge in [-0.25, -0.2) is 14.6 Å². The summed E-state index contributed by atoms with van der Waals surface area (Å²) in [4.78, 5) is 45.3. The van der Waals surface area contributed by atoms with Crippen LogP contribution in [-0.4, -0.2) is 89.0 Å². The topological polar surface area (TPSA) is 156 Å². The predicted octanol–water partition coefficient (Wildman–Crippen LogP) is 5.53. The van der Waals surface area contributed by atoms with Crippen molar-refractivity contribution in [2.24, 2.45) is 0 Å². The lowest BCUT2D eigenvalue weighted by Gasteiger charge is -2.35. The van der Waals surface area contributed by atoms with Crippen molar-refractivity contribution in [2.75, 3.05) is 25.0 Å². The Bertz CT molecular complexity index is 1710. The quantitative estimate of drug-likeness (QED) is 0.219. The average molecular weight is 671 g/mol. The molecule has 0 saturated carbocycles. The number of aromatic carboxylic acids is 1. The molecular weight excluding hydrogens is 632 g/mol. The lowest BCUT2D eigenvalue weighted by molar-refractivity contribution is 0.0696. The predicted molar refractivity (Wildman–Crippen MR) is 180 cm³/mol. The maximum atomic E-state index is 12.9. The summed E-state index contributed by atoms with van der Waals surface area (Å²) in [5.74, 6) is -1.08. The van der Waals surface area contributed by atoms with Crippen LogP contribution in [0.3, 0.4) is 0 Å². The third kappa shape index (κ3) is 8.17. The first-order valence-electron chi connectivity index (χ1n) is 16.2. The zero-order valence-corrected chi connectivity index (χ0v) is 27.5. The molecule has 2 saturated heterocycles. The molecular formula is C34H38N8O5S. The molecule has 0 aliphatic carbocycles. The zero-order valence-electron chi connectivity index (χ0n) is 26.7. The summed E-state index contributed by atoms with van der Waals surface area (Å²) in [6.07, 6.45) is 7.36. The number of likely N-dealkylation sites (tertiary alicyclic amines) is 2. The molecule has 4 heterocycles. The van der Waals surface area contributed by atoms with E-state index < -0.39 is 12.1 Å². The Balaban J connectivity index is 0.951. The van der Waals surface area contributed by atoms with Gasteiger partial charge in [-0.05, 0) is 97.1 Å². The number of rotatable bonds is 10. The third-order valence-electron chi connectivity index (χ3n) is 8.78. The molecule has 2 aliphatic rings. The molecule has 2 fully saturated rings. The summed E-state index contributed by atoms with van der Waals surface area (Å²) in [5, 5.41) is 24.7. The Morgan fingerprint density at radius 2 is 1.69 bits per heavy atom. The first-order chi connectivity index (χ1) is 23.4. The fourth-order valence-electron chi connectivity index (χ4n) is 6.06. The van der Waals surface area contributed by atoms with Gasteiger partial charge in [0.05, 0.1) is 23.1 Å². The van der Waals surface area contributed by atoms with E-state index in [0.717, 1.165) is 19.5 Å². The van der Waals surface area contributed by atoms with Crippen LogP contribution in [0.25, 0.3) is 5.69 Å². The number of carbonyl (C=O) groups is 3. The van der Waals surface area contributed by atoms with Crippen LogP contribution in [0.5, 0.6) is 5.88 Å². The smallest absolute Gasteiger partial charge is 0.416 e. The van der Waals surface area contributed by atoms with Crippen LogP contribution in [0.2, 0.25) is 0 Å². The van der Waals surface area contributed by atoms with Crippen molar-refractivity contribution >= 4 is 35.4 Å². The molecule has 250 valence electrons. The fourth-order valence-corrected chi connectivity index (χ4v) is 7.13. The Hall–Kier alpha value is -4.82. The maximum absolute atomic E-state index is 12.9. The van der Waals surface area contributed by atoms with Gasteiger partial charge in [-0.1, -0.05) is 37.2 Å². The number of nitrogens with one attached hydrogen (secondary N) is 1. The van der Waals surface area contributed by atoms with Gasteiger partial charge in [-0.2, -0.15) is 4.68 Å². The first kappa shape index (κ1) is 33.1. The number of thioether (sulfide) groups is 1. The SMILES string of the molecule is CCC1CCCCN1Cc1ccc(C(=O)Nc2ccc(OC(=O)N3CCC(Sc4nnnn4-c4ccc(C(=O)O)cc4)CC3)nc2)cc1. The first-order valence-corrected chi connectivity index (χ1v) is 17.1. The number of pyridine rings is 1. The van der Waals surface area contributed by atoms with Crippen molar-refractivity contribution < 1.29 is 24.2 Å². The summed E-state index contributed by atoms with van der Waals surface area (Å²) in [6.45, 7) is 5.26. The van der Waals surface area contributed by atoms with Crippen LogP contribution in [-0.2, 0) is 6.54 Å². The van der Waals surface area contributed by atoms with Gasteiger partial charge in [0.15, 0.2) is 0 Å². The Morgan fingerprint density at radius 3 is 2.38 bits per heavy atom. The van der Waals surface area contributed by atoms with Gasteiger partial charge in [-0.3, -0.25) is 9.69 Å². The summed E-state index contributed by atoms with van der Waals surface area (Å²) in [7, 11) is 0. The Kier molecular flexibility index (Phi) is 10.6. The Labute approximate surface area is 282 Å². The second kappa shape index (κ2) is 15.4. The van der Waals surface area contributed by atoms with Crippen molar-refractivity contribution in [3.8, 4) is 11.6 Å². The molecule has 48 heavy (non-hydrogen) atoms. The maximum Gasteiger partial charge on any atom is 0.416 e. The number of benzene rings is 2. The number of carboxylic acids is 1. The lowest BCUT2D eigenvalue weighted by Crippen LogP contribution is -2.41. The molecule has 14 heteroatoms. The highest BCUT2D eigenvalue weighted by molar-refractivity contribution is 7.99. The van der Waals surface area contributed by atoms with E-state index in [4.69, 9.17) is 9.84 Å². The van der Waals surface area contributed by atoms with Crippen LogP contribution in [0, 0.1) is 0 Å². The van der Waals surface area contributed by atoms with Gasteiger partial charge in [0.2, 0.25) is 11.0 Å². The monoisotopic (exact) mass is 670 g/mol. The van der Waals surface area contributed by atoms with Gasteiger partial charge >= 0.3 is 12.1 Å². The number of nitrogens with zero attached hydrogens (tertiary/aromatic N) is 7. The number of hydrogen-bond acceptors (Lipinski definition) is 10. The average Bonchev–Trinajstić information content (AvgIpc) is 3.58. The molecule has 2 amide bonds. The number of anilines is 1. The summed E-state index contributed by atoms with van der Waals surface area (Å²) in [5.41, 5.74) is 3.11. The second-order valence-electron chi connectivity index (χ2n) is 12.0. The van der Waals surface area contributed by atoms with Crippen molar-refractivity contribution in [1.29, 1.82) is 0 Å². The van der Waals surface area contributed by atoms with Crippen LogP contribution < -0.4 is 10.1 Å². The van der Waals surface area contributed by atoms with Gasteiger partial charge in [-0.15, -0.1) is 5.10 Å². The standard InChI is InChI=1S/C34H38N8O5S/c1-2-27-5-3-4-18-41(27)22-23-6-8-24(9-7-23)31(43)36-26-12-15-30(35-21-26)47-34(46)40-19-16-29(17-20-40)48-33-37-38-39-42(33)28-13-10-25(11-14-28)32(44)45/h6-15,21,27,29H,2-5,16-20,22H2,1H3,(H,36,43)(H,44,45). The number of aromatic nitrogens is 5. The Morgan fingerprint density at radius 1 is 0.938 bits per heavy atom. The van der Waals surface area contributed by atoms with Crippen molar-refractivity contribution in [1.82, 2.24) is 35.0 Å². The largest absolute Gasteiger partial charge is 0.478 e. The fraction of sp³-hybridized carbons (Fsp3) is 0.382. The van der Waals surface area contributed by atoms with E-state index in [-0.39, 0.29) is 22.6 Å². The number of ether oxygens (including phenoxy) is 1. The molecule has 13 nitrogen and oxygen atoms in total.